The highest BCUT2D eigenvalue weighted by molar-refractivity contribution is 14.0. The van der Waals surface area contributed by atoms with E-state index in [9.17, 15) is 5.11 Å². The van der Waals surface area contributed by atoms with Gasteiger partial charge in [-0.3, -0.25) is 4.99 Å². The molecule has 7 heteroatoms. The predicted molar refractivity (Wildman–Crippen MR) is 138 cm³/mol. The number of anilines is 1. The van der Waals surface area contributed by atoms with E-state index in [4.69, 9.17) is 0 Å². The summed E-state index contributed by atoms with van der Waals surface area (Å²) in [7, 11) is 1.74. The zero-order valence-electron chi connectivity index (χ0n) is 16.9. The molecule has 5 nitrogen and oxygen atoms in total. The molecule has 2 aromatic carbocycles. The van der Waals surface area contributed by atoms with Crippen LogP contribution in [-0.2, 0) is 6.54 Å². The molecule has 1 atom stereocenters. The van der Waals surface area contributed by atoms with Crippen LogP contribution in [0.2, 0.25) is 0 Å². The van der Waals surface area contributed by atoms with E-state index in [0.29, 0.717) is 19.0 Å². The molecule has 0 saturated heterocycles. The molecular weight excluding hydrogens is 507 g/mol. The minimum atomic E-state index is -0.572. The van der Waals surface area contributed by atoms with E-state index in [1.54, 1.807) is 18.4 Å². The summed E-state index contributed by atoms with van der Waals surface area (Å²) in [5.41, 5.74) is 2.43. The maximum absolute atomic E-state index is 10.6. The molecule has 0 saturated carbocycles. The third kappa shape index (κ3) is 5.53. The van der Waals surface area contributed by atoms with Crippen molar-refractivity contribution in [3.05, 3.63) is 77.2 Å². The number of aliphatic hydroxyl groups excluding tert-OH is 1. The van der Waals surface area contributed by atoms with Crippen LogP contribution in [0.1, 0.15) is 16.5 Å². The Morgan fingerprint density at radius 3 is 2.67 bits per heavy atom. The highest BCUT2D eigenvalue weighted by Crippen LogP contribution is 2.29. The van der Waals surface area contributed by atoms with Crippen molar-refractivity contribution in [2.24, 2.45) is 4.99 Å². The summed E-state index contributed by atoms with van der Waals surface area (Å²) in [4.78, 5) is 7.57. The van der Waals surface area contributed by atoms with E-state index in [2.05, 4.69) is 75.1 Å². The number of aliphatic hydroxyl groups is 1. The summed E-state index contributed by atoms with van der Waals surface area (Å²) in [6.45, 7) is 3.02. The van der Waals surface area contributed by atoms with Gasteiger partial charge in [0.1, 0.15) is 6.10 Å². The lowest BCUT2D eigenvalue weighted by molar-refractivity contribution is 0.184. The third-order valence-corrected chi connectivity index (χ3v) is 6.23. The van der Waals surface area contributed by atoms with Crippen LogP contribution in [0.3, 0.4) is 0 Å². The van der Waals surface area contributed by atoms with Gasteiger partial charge in [0.15, 0.2) is 5.96 Å². The third-order valence-electron chi connectivity index (χ3n) is 5.01. The standard InChI is InChI=1S/C23H26N4OS.HI/c1-24-23(25-15-17-7-6-9-19(13-17)27-11-4-5-12-27)26-16-20(28)22-14-18-8-2-3-10-21(18)29-22;/h2-10,13-14,20,28H,11-12,15-16H2,1H3,(H2,24,25,26);1H. The van der Waals surface area contributed by atoms with Crippen LogP contribution in [0.5, 0.6) is 0 Å². The minimum absolute atomic E-state index is 0. The number of rotatable bonds is 6. The number of guanidine groups is 1. The molecule has 0 radical (unpaired) electrons. The summed E-state index contributed by atoms with van der Waals surface area (Å²) >= 11 is 1.63. The largest absolute Gasteiger partial charge is 0.386 e. The summed E-state index contributed by atoms with van der Waals surface area (Å²) in [6, 6.07) is 18.8. The molecule has 1 aromatic heterocycles. The first-order chi connectivity index (χ1) is 14.2. The highest BCUT2D eigenvalue weighted by Gasteiger charge is 2.12. The molecule has 0 bridgehead atoms. The van der Waals surface area contributed by atoms with Gasteiger partial charge in [0.25, 0.3) is 0 Å². The van der Waals surface area contributed by atoms with Gasteiger partial charge in [-0.05, 0) is 35.2 Å². The number of thiophene rings is 1. The topological polar surface area (TPSA) is 59.9 Å². The van der Waals surface area contributed by atoms with Gasteiger partial charge < -0.3 is 20.6 Å². The van der Waals surface area contributed by atoms with E-state index in [1.165, 1.54) is 21.3 Å². The van der Waals surface area contributed by atoms with Crippen molar-refractivity contribution in [1.82, 2.24) is 10.6 Å². The number of hydrogen-bond donors (Lipinski definition) is 3. The molecule has 1 unspecified atom stereocenters. The SMILES string of the molecule is CN=C(NCc1cccc(N2CC=CC2)c1)NCC(O)c1cc2ccccc2s1.I. The first-order valence-electron chi connectivity index (χ1n) is 9.83. The maximum Gasteiger partial charge on any atom is 0.191 e. The van der Waals surface area contributed by atoms with Crippen molar-refractivity contribution in [2.45, 2.75) is 12.6 Å². The molecule has 2 heterocycles. The van der Waals surface area contributed by atoms with Crippen molar-refractivity contribution in [2.75, 3.05) is 31.6 Å². The van der Waals surface area contributed by atoms with Gasteiger partial charge in [0, 0.05) is 48.5 Å². The van der Waals surface area contributed by atoms with Crippen molar-refractivity contribution >= 4 is 57.0 Å². The van der Waals surface area contributed by atoms with Gasteiger partial charge in [0.2, 0.25) is 0 Å². The Labute approximate surface area is 198 Å². The second-order valence-corrected chi connectivity index (χ2v) is 8.17. The Bertz CT molecular complexity index is 992. The normalized spacial score (nSPS) is 14.6. The number of halogens is 1. The van der Waals surface area contributed by atoms with Crippen LogP contribution in [0, 0.1) is 0 Å². The van der Waals surface area contributed by atoms with E-state index in [-0.39, 0.29) is 24.0 Å². The maximum atomic E-state index is 10.6. The first-order valence-corrected chi connectivity index (χ1v) is 10.6. The average molecular weight is 534 g/mol. The fourth-order valence-electron chi connectivity index (χ4n) is 3.42. The number of nitrogens with one attached hydrogen (secondary N) is 2. The van der Waals surface area contributed by atoms with Crippen LogP contribution in [0.25, 0.3) is 10.1 Å². The average Bonchev–Trinajstić information content (AvgIpc) is 3.44. The monoisotopic (exact) mass is 534 g/mol. The van der Waals surface area contributed by atoms with Gasteiger partial charge >= 0.3 is 0 Å². The molecule has 0 spiro atoms. The molecule has 0 fully saturated rings. The molecule has 0 amide bonds. The lowest BCUT2D eigenvalue weighted by Crippen LogP contribution is -2.38. The Morgan fingerprint density at radius 1 is 1.10 bits per heavy atom. The van der Waals surface area contributed by atoms with E-state index >= 15 is 0 Å². The van der Waals surface area contributed by atoms with Crippen LogP contribution in [0.4, 0.5) is 5.69 Å². The molecule has 1 aliphatic rings. The van der Waals surface area contributed by atoms with Gasteiger partial charge in [-0.25, -0.2) is 0 Å². The number of aliphatic imine (C=N–C) groups is 1. The lowest BCUT2D eigenvalue weighted by atomic mass is 10.2. The van der Waals surface area contributed by atoms with E-state index < -0.39 is 6.10 Å². The Kier molecular flexibility index (Phi) is 8.12. The van der Waals surface area contributed by atoms with Gasteiger partial charge in [0.05, 0.1) is 0 Å². The van der Waals surface area contributed by atoms with Crippen molar-refractivity contribution in [3.8, 4) is 0 Å². The Morgan fingerprint density at radius 2 is 1.90 bits per heavy atom. The van der Waals surface area contributed by atoms with Gasteiger partial charge in [-0.15, -0.1) is 35.3 Å². The summed E-state index contributed by atoms with van der Waals surface area (Å²) in [5, 5.41) is 18.3. The smallest absolute Gasteiger partial charge is 0.191 e. The number of benzene rings is 2. The molecule has 158 valence electrons. The van der Waals surface area contributed by atoms with Crippen LogP contribution < -0.4 is 15.5 Å². The fraction of sp³-hybridized carbons (Fsp3) is 0.261. The van der Waals surface area contributed by atoms with Crippen LogP contribution in [-0.4, -0.2) is 37.7 Å². The summed E-state index contributed by atoms with van der Waals surface area (Å²) in [6.07, 6.45) is 3.81. The van der Waals surface area contributed by atoms with Crippen LogP contribution >= 0.6 is 35.3 Å². The molecular formula is C23H27IN4OS. The number of nitrogens with zero attached hydrogens (tertiary/aromatic N) is 2. The van der Waals surface area contributed by atoms with Gasteiger partial charge in [-0.2, -0.15) is 0 Å². The van der Waals surface area contributed by atoms with Crippen LogP contribution in [0.15, 0.2) is 71.7 Å². The van der Waals surface area contributed by atoms with E-state index in [1.807, 2.05) is 12.1 Å². The highest BCUT2D eigenvalue weighted by atomic mass is 127. The molecule has 0 aliphatic carbocycles. The molecule has 30 heavy (non-hydrogen) atoms. The number of hydrogen-bond acceptors (Lipinski definition) is 4. The molecule has 4 rings (SSSR count). The number of fused-ring (bicyclic) bond motifs is 1. The van der Waals surface area contributed by atoms with Crippen molar-refractivity contribution < 1.29 is 5.11 Å². The summed E-state index contributed by atoms with van der Waals surface area (Å²) < 4.78 is 1.19. The molecule has 3 aromatic rings. The van der Waals surface area contributed by atoms with E-state index in [0.717, 1.165) is 18.0 Å². The van der Waals surface area contributed by atoms with Crippen molar-refractivity contribution in [1.29, 1.82) is 0 Å². The second kappa shape index (κ2) is 10.8. The molecule has 3 N–H and O–H groups in total. The Hall–Kier alpha value is -2.10. The predicted octanol–water partition coefficient (Wildman–Crippen LogP) is 4.29. The molecule has 1 aliphatic heterocycles. The second-order valence-electron chi connectivity index (χ2n) is 7.06. The lowest BCUT2D eigenvalue weighted by Gasteiger charge is -2.19. The Balaban J connectivity index is 0.00000256. The van der Waals surface area contributed by atoms with Gasteiger partial charge in [-0.1, -0.05) is 42.5 Å². The fourth-order valence-corrected chi connectivity index (χ4v) is 4.47. The zero-order chi connectivity index (χ0) is 20.1. The quantitative estimate of drug-likeness (QED) is 0.191. The summed E-state index contributed by atoms with van der Waals surface area (Å²) in [5.74, 6) is 0.679. The zero-order valence-corrected chi connectivity index (χ0v) is 20.1. The first kappa shape index (κ1) is 22.6. The van der Waals surface area contributed by atoms with Crippen molar-refractivity contribution in [3.63, 3.8) is 0 Å². The minimum Gasteiger partial charge on any atom is -0.386 e.